The summed E-state index contributed by atoms with van der Waals surface area (Å²) in [6.07, 6.45) is 1.03. The van der Waals surface area contributed by atoms with E-state index in [0.717, 1.165) is 43.9 Å². The quantitative estimate of drug-likeness (QED) is 0.848. The highest BCUT2D eigenvalue weighted by Gasteiger charge is 2.23. The van der Waals surface area contributed by atoms with Gasteiger partial charge in [0.1, 0.15) is 0 Å². The van der Waals surface area contributed by atoms with Gasteiger partial charge in [0, 0.05) is 25.2 Å². The number of rotatable bonds is 6. The van der Waals surface area contributed by atoms with E-state index in [-0.39, 0.29) is 11.9 Å². The Balaban J connectivity index is 1.73. The molecular weight excluding hydrogens is 336 g/mol. The Labute approximate surface area is 162 Å². The van der Waals surface area contributed by atoms with Crippen molar-refractivity contribution in [1.29, 1.82) is 0 Å². The molecule has 0 aromatic heterocycles. The minimum Gasteiger partial charge on any atom is -0.379 e. The van der Waals surface area contributed by atoms with Crippen LogP contribution in [0, 0.1) is 13.8 Å². The number of aryl methyl sites for hydroxylation is 3. The third-order valence-corrected chi connectivity index (χ3v) is 5.48. The number of benzene rings is 2. The molecule has 2 aromatic carbocycles. The maximum Gasteiger partial charge on any atom is 0.251 e. The molecule has 0 saturated carbocycles. The molecule has 1 saturated heterocycles. The van der Waals surface area contributed by atoms with Gasteiger partial charge < -0.3 is 10.1 Å². The average molecular weight is 367 g/mol. The third kappa shape index (κ3) is 4.96. The number of ether oxygens (including phenoxy) is 1. The molecule has 1 aliphatic rings. The Bertz CT molecular complexity index is 764. The van der Waals surface area contributed by atoms with Crippen LogP contribution in [0.1, 0.15) is 45.6 Å². The normalized spacial score (nSPS) is 16.1. The summed E-state index contributed by atoms with van der Waals surface area (Å²) in [6.45, 7) is 10.1. The summed E-state index contributed by atoms with van der Waals surface area (Å²) in [5.74, 6) is -0.0125. The van der Waals surface area contributed by atoms with Crippen LogP contribution in [0.25, 0.3) is 0 Å². The summed E-state index contributed by atoms with van der Waals surface area (Å²) in [5.41, 5.74) is 5.64. The monoisotopic (exact) mass is 366 g/mol. The van der Waals surface area contributed by atoms with Gasteiger partial charge in [0.05, 0.1) is 19.3 Å². The minimum absolute atomic E-state index is 0.0125. The van der Waals surface area contributed by atoms with E-state index in [9.17, 15) is 4.79 Å². The van der Waals surface area contributed by atoms with Crippen molar-refractivity contribution < 1.29 is 9.53 Å². The lowest BCUT2D eigenvalue weighted by Gasteiger charge is -2.35. The molecule has 1 N–H and O–H groups in total. The lowest BCUT2D eigenvalue weighted by Crippen LogP contribution is -2.43. The molecule has 1 heterocycles. The third-order valence-electron chi connectivity index (χ3n) is 5.48. The average Bonchev–Trinajstić information content (AvgIpc) is 2.71. The molecule has 0 bridgehead atoms. The van der Waals surface area contributed by atoms with Crippen molar-refractivity contribution in [3.8, 4) is 0 Å². The molecular formula is C23H30N2O2. The number of hydrogen-bond acceptors (Lipinski definition) is 3. The molecule has 1 atom stereocenters. The Morgan fingerprint density at radius 1 is 1.07 bits per heavy atom. The summed E-state index contributed by atoms with van der Waals surface area (Å²) in [4.78, 5) is 15.1. The molecule has 0 aliphatic carbocycles. The second kappa shape index (κ2) is 9.16. The van der Waals surface area contributed by atoms with Crippen LogP contribution in [0.3, 0.4) is 0 Å². The smallest absolute Gasteiger partial charge is 0.251 e. The number of amides is 1. The van der Waals surface area contributed by atoms with Gasteiger partial charge in [0.2, 0.25) is 0 Å². The first-order valence-corrected chi connectivity index (χ1v) is 9.84. The second-order valence-corrected chi connectivity index (χ2v) is 7.27. The number of carbonyl (C=O) groups excluding carboxylic acids is 1. The first kappa shape index (κ1) is 19.6. The minimum atomic E-state index is -0.0125. The van der Waals surface area contributed by atoms with Gasteiger partial charge in [-0.15, -0.1) is 0 Å². The van der Waals surface area contributed by atoms with E-state index in [1.165, 1.54) is 16.7 Å². The molecule has 0 spiro atoms. The zero-order valence-corrected chi connectivity index (χ0v) is 16.6. The highest BCUT2D eigenvalue weighted by atomic mass is 16.5. The maximum absolute atomic E-state index is 12.7. The molecule has 0 unspecified atom stereocenters. The number of morpholine rings is 1. The molecule has 4 heteroatoms. The molecule has 3 rings (SSSR count). The molecule has 1 fully saturated rings. The van der Waals surface area contributed by atoms with Crippen LogP contribution < -0.4 is 5.32 Å². The van der Waals surface area contributed by atoms with Crippen LogP contribution in [0.4, 0.5) is 0 Å². The molecule has 27 heavy (non-hydrogen) atoms. The summed E-state index contributed by atoms with van der Waals surface area (Å²) in [5, 5.41) is 3.15. The van der Waals surface area contributed by atoms with E-state index in [1.54, 1.807) is 0 Å². The topological polar surface area (TPSA) is 41.6 Å². The SMILES string of the molecule is CCc1ccc([C@H](CNC(=O)c2ccc(C)c(C)c2)N2CCOCC2)cc1. The lowest BCUT2D eigenvalue weighted by atomic mass is 10.0. The van der Waals surface area contributed by atoms with Crippen LogP contribution in [0.2, 0.25) is 0 Å². The summed E-state index contributed by atoms with van der Waals surface area (Å²) in [6, 6.07) is 14.8. The van der Waals surface area contributed by atoms with Crippen molar-refractivity contribution >= 4 is 5.91 Å². The van der Waals surface area contributed by atoms with E-state index in [4.69, 9.17) is 4.74 Å². The standard InChI is InChI=1S/C23H30N2O2/c1-4-19-6-9-20(10-7-19)22(25-11-13-27-14-12-25)16-24-23(26)21-8-5-17(2)18(3)15-21/h5-10,15,22H,4,11-14,16H2,1-3H3,(H,24,26)/t22-/m0/s1. The molecule has 1 aliphatic heterocycles. The van der Waals surface area contributed by atoms with Crippen LogP contribution in [0.5, 0.6) is 0 Å². The molecule has 144 valence electrons. The van der Waals surface area contributed by atoms with Gasteiger partial charge in [-0.05, 0) is 54.7 Å². The Hall–Kier alpha value is -2.17. The Morgan fingerprint density at radius 3 is 2.41 bits per heavy atom. The second-order valence-electron chi connectivity index (χ2n) is 7.27. The van der Waals surface area contributed by atoms with Gasteiger partial charge >= 0.3 is 0 Å². The van der Waals surface area contributed by atoms with Crippen LogP contribution in [-0.4, -0.2) is 43.7 Å². The van der Waals surface area contributed by atoms with E-state index >= 15 is 0 Å². The Kier molecular flexibility index (Phi) is 6.64. The summed E-state index contributed by atoms with van der Waals surface area (Å²) in [7, 11) is 0. The van der Waals surface area contributed by atoms with Crippen molar-refractivity contribution in [2.24, 2.45) is 0 Å². The highest BCUT2D eigenvalue weighted by Crippen LogP contribution is 2.22. The van der Waals surface area contributed by atoms with Gasteiger partial charge in [0.25, 0.3) is 5.91 Å². The summed E-state index contributed by atoms with van der Waals surface area (Å²) < 4.78 is 5.51. The summed E-state index contributed by atoms with van der Waals surface area (Å²) >= 11 is 0. The van der Waals surface area contributed by atoms with E-state index in [1.807, 2.05) is 25.1 Å². The Morgan fingerprint density at radius 2 is 1.78 bits per heavy atom. The van der Waals surface area contributed by atoms with Gasteiger partial charge in [-0.3, -0.25) is 9.69 Å². The molecule has 2 aromatic rings. The number of nitrogens with one attached hydrogen (secondary N) is 1. The molecule has 0 radical (unpaired) electrons. The predicted molar refractivity (Wildman–Crippen MR) is 109 cm³/mol. The van der Waals surface area contributed by atoms with Gasteiger partial charge in [-0.25, -0.2) is 0 Å². The zero-order chi connectivity index (χ0) is 19.2. The van der Waals surface area contributed by atoms with Crippen LogP contribution >= 0.6 is 0 Å². The largest absolute Gasteiger partial charge is 0.379 e. The first-order chi connectivity index (χ1) is 13.1. The predicted octanol–water partition coefficient (Wildman–Crippen LogP) is 3.67. The fourth-order valence-electron chi connectivity index (χ4n) is 3.50. The fourth-order valence-corrected chi connectivity index (χ4v) is 3.50. The van der Waals surface area contributed by atoms with E-state index in [2.05, 4.69) is 48.3 Å². The van der Waals surface area contributed by atoms with Crippen molar-refractivity contribution in [3.63, 3.8) is 0 Å². The fraction of sp³-hybridized carbons (Fsp3) is 0.435. The number of hydrogen-bond donors (Lipinski definition) is 1. The van der Waals surface area contributed by atoms with Crippen molar-refractivity contribution in [1.82, 2.24) is 10.2 Å². The van der Waals surface area contributed by atoms with Crippen molar-refractivity contribution in [3.05, 3.63) is 70.3 Å². The van der Waals surface area contributed by atoms with E-state index in [0.29, 0.717) is 6.54 Å². The van der Waals surface area contributed by atoms with Crippen LogP contribution in [0.15, 0.2) is 42.5 Å². The molecule has 1 amide bonds. The first-order valence-electron chi connectivity index (χ1n) is 9.84. The van der Waals surface area contributed by atoms with Gasteiger partial charge in [-0.2, -0.15) is 0 Å². The van der Waals surface area contributed by atoms with Crippen molar-refractivity contribution in [2.45, 2.75) is 33.2 Å². The zero-order valence-electron chi connectivity index (χ0n) is 16.6. The van der Waals surface area contributed by atoms with E-state index < -0.39 is 0 Å². The molecule has 4 nitrogen and oxygen atoms in total. The van der Waals surface area contributed by atoms with Gasteiger partial charge in [-0.1, -0.05) is 37.3 Å². The van der Waals surface area contributed by atoms with Crippen molar-refractivity contribution in [2.75, 3.05) is 32.8 Å². The highest BCUT2D eigenvalue weighted by molar-refractivity contribution is 5.94. The lowest BCUT2D eigenvalue weighted by molar-refractivity contribution is 0.0162. The number of nitrogens with zero attached hydrogens (tertiary/aromatic N) is 1. The van der Waals surface area contributed by atoms with Gasteiger partial charge in [0.15, 0.2) is 0 Å². The number of carbonyl (C=O) groups is 1. The van der Waals surface area contributed by atoms with Crippen LogP contribution in [-0.2, 0) is 11.2 Å². The maximum atomic E-state index is 12.7.